The summed E-state index contributed by atoms with van der Waals surface area (Å²) in [4.78, 5) is 29.4. The number of fused-ring (bicyclic) bond motifs is 1. The number of pyridine rings is 1. The van der Waals surface area contributed by atoms with Gasteiger partial charge < -0.3 is 15.5 Å². The SMILES string of the molecule is Cc1cc([C@@H](C)Nc2ccc(Cl)nc2S(N)(=O)=O)c2oc(-c3ccccc3)c(C(C=O)=CN)c(=O)c2c1. The molecule has 0 amide bonds. The Hall–Kier alpha value is -3.99. The van der Waals surface area contributed by atoms with Crippen LogP contribution >= 0.6 is 11.6 Å². The molecule has 5 N–H and O–H groups in total. The van der Waals surface area contributed by atoms with Crippen molar-refractivity contribution in [2.75, 3.05) is 5.32 Å². The van der Waals surface area contributed by atoms with E-state index in [1.165, 1.54) is 12.1 Å². The van der Waals surface area contributed by atoms with E-state index >= 15 is 0 Å². The lowest BCUT2D eigenvalue weighted by molar-refractivity contribution is -0.103. The molecule has 1 atom stereocenters. The predicted octanol–water partition coefficient (Wildman–Crippen LogP) is 4.14. The van der Waals surface area contributed by atoms with Gasteiger partial charge in [0.1, 0.15) is 16.5 Å². The van der Waals surface area contributed by atoms with E-state index < -0.39 is 26.5 Å². The van der Waals surface area contributed by atoms with Crippen LogP contribution in [-0.4, -0.2) is 19.7 Å². The standard InChI is InChI=1S/C26H23ClN4O5S/c1-14-10-18(15(2)30-20-8-9-21(27)31-26(20)37(29,34)35)25-19(11-14)23(33)22(17(12-28)13-32)24(36-25)16-6-4-3-5-7-16/h3-13,15,30H,28H2,1-2H3,(H2,29,34,35)/t15-/m1/s1. The summed E-state index contributed by atoms with van der Waals surface area (Å²) in [5.74, 6) is 0.178. The van der Waals surface area contributed by atoms with Gasteiger partial charge in [-0.05, 0) is 37.6 Å². The van der Waals surface area contributed by atoms with Crippen molar-refractivity contribution < 1.29 is 17.6 Å². The van der Waals surface area contributed by atoms with E-state index in [9.17, 15) is 18.0 Å². The van der Waals surface area contributed by atoms with Crippen molar-refractivity contribution in [2.45, 2.75) is 24.9 Å². The quantitative estimate of drug-likeness (QED) is 0.180. The Kier molecular flexibility index (Phi) is 7.17. The number of hydrogen-bond donors (Lipinski definition) is 3. The van der Waals surface area contributed by atoms with Crippen LogP contribution in [0.3, 0.4) is 0 Å². The van der Waals surface area contributed by atoms with E-state index in [4.69, 9.17) is 26.9 Å². The number of aromatic nitrogens is 1. The van der Waals surface area contributed by atoms with Gasteiger partial charge in [-0.2, -0.15) is 0 Å². The second-order valence-corrected chi connectivity index (χ2v) is 10.2. The summed E-state index contributed by atoms with van der Waals surface area (Å²) in [6, 6.07) is 14.7. The summed E-state index contributed by atoms with van der Waals surface area (Å²) in [5.41, 5.74) is 7.56. The van der Waals surface area contributed by atoms with Gasteiger partial charge >= 0.3 is 0 Å². The molecular weight excluding hydrogens is 516 g/mol. The molecule has 0 aliphatic carbocycles. The Bertz CT molecular complexity index is 1720. The zero-order valence-electron chi connectivity index (χ0n) is 19.9. The Morgan fingerprint density at radius 1 is 1.16 bits per heavy atom. The number of carbonyl (C=O) groups excluding carboxylic acids is 1. The van der Waals surface area contributed by atoms with Crippen LogP contribution < -0.4 is 21.6 Å². The first kappa shape index (κ1) is 26.1. The summed E-state index contributed by atoms with van der Waals surface area (Å²) < 4.78 is 30.5. The van der Waals surface area contributed by atoms with Crippen molar-refractivity contribution in [1.82, 2.24) is 4.98 Å². The number of sulfonamides is 1. The van der Waals surface area contributed by atoms with E-state index in [1.54, 1.807) is 44.2 Å². The molecule has 2 aromatic carbocycles. The van der Waals surface area contributed by atoms with Gasteiger partial charge in [0.2, 0.25) is 5.43 Å². The molecule has 0 bridgehead atoms. The molecule has 2 aromatic heterocycles. The molecular formula is C26H23ClN4O5S. The second-order valence-electron chi connectivity index (χ2n) is 8.37. The molecule has 0 aliphatic heterocycles. The number of nitrogens with zero attached hydrogens (tertiary/aromatic N) is 1. The van der Waals surface area contributed by atoms with E-state index in [1.807, 2.05) is 12.1 Å². The van der Waals surface area contributed by atoms with Gasteiger partial charge in [-0.1, -0.05) is 48.0 Å². The molecule has 0 spiro atoms. The number of carbonyl (C=O) groups is 1. The highest BCUT2D eigenvalue weighted by molar-refractivity contribution is 7.89. The average molecular weight is 539 g/mol. The Balaban J connectivity index is 1.98. The summed E-state index contributed by atoms with van der Waals surface area (Å²) in [5, 5.41) is 8.21. The van der Waals surface area contributed by atoms with Gasteiger partial charge in [0.05, 0.1) is 22.7 Å². The highest BCUT2D eigenvalue weighted by Gasteiger charge is 2.24. The van der Waals surface area contributed by atoms with Crippen molar-refractivity contribution in [3.05, 3.63) is 92.9 Å². The maximum Gasteiger partial charge on any atom is 0.257 e. The fourth-order valence-corrected chi connectivity index (χ4v) is 4.95. The zero-order valence-corrected chi connectivity index (χ0v) is 21.4. The molecule has 0 fully saturated rings. The van der Waals surface area contributed by atoms with Crippen LogP contribution in [0.5, 0.6) is 0 Å². The monoisotopic (exact) mass is 538 g/mol. The summed E-state index contributed by atoms with van der Waals surface area (Å²) in [6.07, 6.45) is 1.58. The molecule has 37 heavy (non-hydrogen) atoms. The lowest BCUT2D eigenvalue weighted by Gasteiger charge is -2.20. The maximum atomic E-state index is 13.7. The number of nitrogens with one attached hydrogen (secondary N) is 1. The topological polar surface area (TPSA) is 158 Å². The van der Waals surface area contributed by atoms with Crippen molar-refractivity contribution >= 4 is 50.1 Å². The van der Waals surface area contributed by atoms with E-state index in [-0.39, 0.29) is 38.7 Å². The van der Waals surface area contributed by atoms with E-state index in [0.717, 1.165) is 11.8 Å². The summed E-state index contributed by atoms with van der Waals surface area (Å²) >= 11 is 5.89. The largest absolute Gasteiger partial charge is 0.455 e. The number of benzene rings is 2. The van der Waals surface area contributed by atoms with Crippen LogP contribution in [0, 0.1) is 6.92 Å². The molecule has 9 nitrogen and oxygen atoms in total. The molecule has 4 rings (SSSR count). The first-order chi connectivity index (χ1) is 17.5. The highest BCUT2D eigenvalue weighted by atomic mass is 35.5. The summed E-state index contributed by atoms with van der Waals surface area (Å²) in [7, 11) is -4.19. The van der Waals surface area contributed by atoms with Crippen LogP contribution in [-0.2, 0) is 14.8 Å². The Labute approximate surface area is 217 Å². The zero-order chi connectivity index (χ0) is 26.9. The Morgan fingerprint density at radius 3 is 2.49 bits per heavy atom. The predicted molar refractivity (Wildman–Crippen MR) is 144 cm³/mol. The molecule has 0 aliphatic rings. The lowest BCUT2D eigenvalue weighted by Crippen LogP contribution is -2.19. The number of hydrogen-bond acceptors (Lipinski definition) is 8. The third-order valence-electron chi connectivity index (χ3n) is 5.73. The number of rotatable bonds is 7. The van der Waals surface area contributed by atoms with Crippen LogP contribution in [0.2, 0.25) is 5.15 Å². The fourth-order valence-electron chi connectivity index (χ4n) is 4.09. The minimum absolute atomic E-state index is 0.00577. The van der Waals surface area contributed by atoms with E-state index in [2.05, 4.69) is 10.3 Å². The number of aryl methyl sites for hydroxylation is 1. The van der Waals surface area contributed by atoms with Crippen LogP contribution in [0.25, 0.3) is 27.9 Å². The molecule has 0 unspecified atom stereocenters. The molecule has 4 aromatic rings. The van der Waals surface area contributed by atoms with Crippen LogP contribution in [0.15, 0.2) is 75.0 Å². The van der Waals surface area contributed by atoms with Crippen molar-refractivity contribution in [2.24, 2.45) is 10.9 Å². The molecule has 190 valence electrons. The van der Waals surface area contributed by atoms with Gasteiger partial charge in [-0.25, -0.2) is 18.5 Å². The lowest BCUT2D eigenvalue weighted by atomic mass is 9.96. The van der Waals surface area contributed by atoms with Gasteiger partial charge in [0.25, 0.3) is 10.0 Å². The number of nitrogens with two attached hydrogens (primary N) is 2. The van der Waals surface area contributed by atoms with Crippen molar-refractivity contribution in [3.8, 4) is 11.3 Å². The van der Waals surface area contributed by atoms with Crippen LogP contribution in [0.4, 0.5) is 5.69 Å². The van der Waals surface area contributed by atoms with Gasteiger partial charge in [-0.3, -0.25) is 9.59 Å². The number of aldehydes is 1. The normalized spacial score (nSPS) is 12.9. The highest BCUT2D eigenvalue weighted by Crippen LogP contribution is 2.34. The number of halogens is 1. The second kappa shape index (κ2) is 10.2. The van der Waals surface area contributed by atoms with E-state index in [0.29, 0.717) is 17.4 Å². The maximum absolute atomic E-state index is 13.7. The molecule has 11 heteroatoms. The number of primary sulfonamides is 1. The minimum Gasteiger partial charge on any atom is -0.455 e. The molecule has 0 saturated carbocycles. The average Bonchev–Trinajstić information content (AvgIpc) is 2.86. The van der Waals surface area contributed by atoms with Crippen molar-refractivity contribution in [1.29, 1.82) is 0 Å². The molecule has 0 radical (unpaired) electrons. The number of anilines is 1. The summed E-state index contributed by atoms with van der Waals surface area (Å²) in [6.45, 7) is 3.57. The third kappa shape index (κ3) is 5.12. The molecule has 2 heterocycles. The first-order valence-electron chi connectivity index (χ1n) is 11.0. The van der Waals surface area contributed by atoms with Crippen molar-refractivity contribution in [3.63, 3.8) is 0 Å². The van der Waals surface area contributed by atoms with Gasteiger partial charge in [0.15, 0.2) is 11.3 Å². The first-order valence-corrected chi connectivity index (χ1v) is 13.0. The van der Waals surface area contributed by atoms with Gasteiger partial charge in [-0.15, -0.1) is 0 Å². The minimum atomic E-state index is -4.19. The Morgan fingerprint density at radius 2 is 1.86 bits per heavy atom. The fraction of sp³-hybridized carbons (Fsp3) is 0.115. The smallest absolute Gasteiger partial charge is 0.257 e. The third-order valence-corrected chi connectivity index (χ3v) is 6.79. The van der Waals surface area contributed by atoms with Crippen LogP contribution in [0.1, 0.15) is 29.7 Å². The van der Waals surface area contributed by atoms with Gasteiger partial charge in [0, 0.05) is 22.9 Å². The molecule has 0 saturated heterocycles. The number of allylic oxidation sites excluding steroid dienone is 1.